The van der Waals surface area contributed by atoms with Gasteiger partial charge >= 0.3 is 11.9 Å². The first kappa shape index (κ1) is 77.2. The molecule has 4 saturated carbocycles. The molecule has 0 aromatic heterocycles. The molecular weight excluding hydrogens is 1020 g/mol. The Balaban J connectivity index is 0. The van der Waals surface area contributed by atoms with Crippen LogP contribution in [0.3, 0.4) is 0 Å². The van der Waals surface area contributed by atoms with Gasteiger partial charge in [0.2, 0.25) is 0 Å². The molecule has 0 amide bonds. The maximum absolute atomic E-state index is 10.4. The fraction of sp³-hybridized carbons (Fsp3) is 0.962. The number of carbonyl (C=O) groups excluding carboxylic acids is 2. The molecule has 5 rings (SSSR count). The number of methoxy groups -OCH3 is 1. The van der Waals surface area contributed by atoms with Gasteiger partial charge in [-0.3, -0.25) is 19.4 Å². The molecule has 5 aliphatic rings. The molecule has 24 nitrogen and oxygen atoms in total. The first-order valence-electron chi connectivity index (χ1n) is 27.8. The average Bonchev–Trinajstić information content (AvgIpc) is 3.40. The predicted molar refractivity (Wildman–Crippen MR) is 287 cm³/mol. The number of hydrogen-bond acceptors (Lipinski definition) is 24. The summed E-state index contributed by atoms with van der Waals surface area (Å²) in [5.74, 6) is 2.13. The molecule has 0 aromatic rings. The van der Waals surface area contributed by atoms with Crippen molar-refractivity contribution in [2.45, 2.75) is 78.2 Å². The zero-order valence-corrected chi connectivity index (χ0v) is 47.7. The zero-order valence-electron chi connectivity index (χ0n) is 47.7. The molecule has 0 radical (unpaired) electrons. The summed E-state index contributed by atoms with van der Waals surface area (Å²) in [7, 11) is 1.64. The van der Waals surface area contributed by atoms with Crippen molar-refractivity contribution in [2.75, 3.05) is 231 Å². The molecule has 77 heavy (non-hydrogen) atoms. The summed E-state index contributed by atoms with van der Waals surface area (Å²) in [6.07, 6.45) is 10.3. The summed E-state index contributed by atoms with van der Waals surface area (Å²) in [5, 5.41) is 68.6. The van der Waals surface area contributed by atoms with Gasteiger partial charge in [0, 0.05) is 73.4 Å². The molecular formula is C53H108N2O22. The molecule has 0 spiro atoms. The van der Waals surface area contributed by atoms with E-state index in [1.807, 2.05) is 0 Å². The van der Waals surface area contributed by atoms with Crippen LogP contribution in [0.4, 0.5) is 0 Å². The predicted octanol–water partition coefficient (Wildman–Crippen LogP) is -0.219. The number of carbonyl (C=O) groups is 2. The summed E-state index contributed by atoms with van der Waals surface area (Å²) >= 11 is 0. The lowest BCUT2D eigenvalue weighted by molar-refractivity contribution is -0.158. The minimum Gasteiger partial charge on any atom is -0.462 e. The maximum Gasteiger partial charge on any atom is 0.303 e. The number of piperazine rings is 1. The molecule has 1 unspecified atom stereocenters. The Morgan fingerprint density at radius 2 is 0.779 bits per heavy atom. The molecule has 24 heteroatoms. The van der Waals surface area contributed by atoms with Crippen LogP contribution in [0.5, 0.6) is 0 Å². The second-order valence-electron chi connectivity index (χ2n) is 18.6. The number of aliphatic hydroxyl groups excluding tert-OH is 8. The van der Waals surface area contributed by atoms with Crippen molar-refractivity contribution in [3.63, 3.8) is 0 Å². The second kappa shape index (κ2) is 58.8. The average molecular weight is 1130 g/mol. The Morgan fingerprint density at radius 3 is 1.04 bits per heavy atom. The largest absolute Gasteiger partial charge is 0.462 e. The van der Waals surface area contributed by atoms with Crippen LogP contribution in [0.15, 0.2) is 0 Å². The Kier molecular flexibility index (Phi) is 58.9. The van der Waals surface area contributed by atoms with Crippen molar-refractivity contribution in [1.29, 1.82) is 0 Å². The molecule has 8 N–H and O–H groups in total. The smallest absolute Gasteiger partial charge is 0.303 e. The second-order valence-corrected chi connectivity index (χ2v) is 18.6. The lowest BCUT2D eigenvalue weighted by Crippen LogP contribution is -2.47. The van der Waals surface area contributed by atoms with E-state index in [2.05, 4.69) is 26.2 Å². The molecule has 462 valence electrons. The van der Waals surface area contributed by atoms with Gasteiger partial charge < -0.3 is 97.7 Å². The van der Waals surface area contributed by atoms with Crippen LogP contribution in [0.1, 0.15) is 72.1 Å². The van der Waals surface area contributed by atoms with Crippen molar-refractivity contribution in [1.82, 2.24) is 9.80 Å². The Labute approximate surface area is 460 Å². The molecule has 4 aliphatic carbocycles. The Morgan fingerprint density at radius 1 is 0.455 bits per heavy atom. The summed E-state index contributed by atoms with van der Waals surface area (Å²) in [5.41, 5.74) is 0.601. The molecule has 1 heterocycles. The van der Waals surface area contributed by atoms with E-state index in [1.54, 1.807) is 7.11 Å². The molecule has 1 saturated heterocycles. The van der Waals surface area contributed by atoms with Crippen molar-refractivity contribution in [2.24, 2.45) is 23.2 Å². The molecule has 1 aliphatic heterocycles. The van der Waals surface area contributed by atoms with Gasteiger partial charge in [-0.1, -0.05) is 6.92 Å². The van der Waals surface area contributed by atoms with Crippen LogP contribution in [0.2, 0.25) is 0 Å². The highest BCUT2D eigenvalue weighted by Gasteiger charge is 2.50. The van der Waals surface area contributed by atoms with Crippen molar-refractivity contribution in [3.05, 3.63) is 0 Å². The number of hydrogen-bond donors (Lipinski definition) is 8. The summed E-state index contributed by atoms with van der Waals surface area (Å²) < 4.78 is 59.7. The Bertz CT molecular complexity index is 1120. The molecule has 1 atom stereocenters. The number of esters is 2. The third kappa shape index (κ3) is 50.8. The number of aliphatic hydroxyl groups is 8. The third-order valence-electron chi connectivity index (χ3n) is 12.1. The minimum absolute atomic E-state index is 0.0413. The van der Waals surface area contributed by atoms with Gasteiger partial charge in [0.15, 0.2) is 6.10 Å². The fourth-order valence-corrected chi connectivity index (χ4v) is 9.09. The maximum atomic E-state index is 10.4. The molecule has 0 aromatic carbocycles. The van der Waals surface area contributed by atoms with Gasteiger partial charge in [-0.2, -0.15) is 0 Å². The van der Waals surface area contributed by atoms with Crippen molar-refractivity contribution in [3.8, 4) is 0 Å². The van der Waals surface area contributed by atoms with E-state index in [0.717, 1.165) is 76.5 Å². The van der Waals surface area contributed by atoms with Gasteiger partial charge in [0.05, 0.1) is 165 Å². The van der Waals surface area contributed by atoms with E-state index in [-0.39, 0.29) is 52.9 Å². The van der Waals surface area contributed by atoms with Gasteiger partial charge in [-0.15, -0.1) is 0 Å². The number of β-amino-alcohol motifs (C(OH)–C–C–N with tert-alkyl or cyclic N) is 2. The highest BCUT2D eigenvalue weighted by molar-refractivity contribution is 5.67. The van der Waals surface area contributed by atoms with Crippen LogP contribution in [0.25, 0.3) is 0 Å². The van der Waals surface area contributed by atoms with Crippen LogP contribution in [-0.4, -0.2) is 300 Å². The van der Waals surface area contributed by atoms with Gasteiger partial charge in [-0.25, -0.2) is 0 Å². The quantitative estimate of drug-likeness (QED) is 0.0290. The summed E-state index contributed by atoms with van der Waals surface area (Å²) in [6, 6.07) is 0. The van der Waals surface area contributed by atoms with Gasteiger partial charge in [0.25, 0.3) is 0 Å². The zero-order chi connectivity index (χ0) is 57.3. The van der Waals surface area contributed by atoms with E-state index < -0.39 is 18.0 Å². The Hall–Kier alpha value is -1.86. The minimum atomic E-state index is -0.758. The SMILES string of the molecule is CC(=O)OCC(CO)OC(C)=O.CCCOCCOCCOCCO.COCCOCCOCCOCCO.OCCC12CC3CC(CC(C3)C1)C2.OCCN1CCN(CCO)CC1.OCCOCCOCCOCCO. The highest BCUT2D eigenvalue weighted by Crippen LogP contribution is 2.61. The first-order chi connectivity index (χ1) is 37.5. The van der Waals surface area contributed by atoms with Crippen LogP contribution in [0, 0.1) is 23.2 Å². The van der Waals surface area contributed by atoms with Gasteiger partial charge in [0.1, 0.15) is 6.61 Å². The first-order valence-corrected chi connectivity index (χ1v) is 27.8. The lowest BCUT2D eigenvalue weighted by atomic mass is 9.49. The van der Waals surface area contributed by atoms with Crippen LogP contribution in [-0.2, 0) is 66.4 Å². The highest BCUT2D eigenvalue weighted by atomic mass is 16.6. The number of nitrogens with zero attached hydrogens (tertiary/aromatic N) is 2. The van der Waals surface area contributed by atoms with E-state index in [1.165, 1.54) is 52.4 Å². The van der Waals surface area contributed by atoms with E-state index >= 15 is 0 Å². The van der Waals surface area contributed by atoms with Gasteiger partial charge in [-0.05, 0) is 74.5 Å². The van der Waals surface area contributed by atoms with Crippen molar-refractivity contribution < 1.29 is 107 Å². The normalized spacial score (nSPS) is 19.7. The topological polar surface area (TPSA) is 313 Å². The van der Waals surface area contributed by atoms with Crippen LogP contribution < -0.4 is 0 Å². The monoisotopic (exact) mass is 1120 g/mol. The lowest BCUT2D eigenvalue weighted by Gasteiger charge is -2.57. The number of ether oxygens (including phenoxy) is 12. The standard InChI is InChI=1S/C12H20O.C9H20O5.C9H20O4.C8H18N2O2.C8H18O5.C7H12O5/c13-2-1-12-6-9-3-10(7-12)5-11(4-9)8-12;1-11-4-5-13-8-9-14-7-6-12-3-2-10;1-2-4-11-6-8-13-9-7-12-5-3-10;11-7-5-9-1-2-10(4-3-9)6-8-12;9-1-3-11-5-7-13-8-6-12-4-2-10;1-5(9)11-4-7(3-8)12-6(2)10/h9-11,13H,1-8H2;10H,2-9H2,1H3;10H,2-9H2,1H3;11-12H,1-8H2;9-10H,1-8H2;7-8H,3-4H2,1-2H3. The van der Waals surface area contributed by atoms with E-state index in [0.29, 0.717) is 131 Å². The molecule has 4 bridgehead atoms. The summed E-state index contributed by atoms with van der Waals surface area (Å²) in [4.78, 5) is 25.2. The van der Waals surface area contributed by atoms with E-state index in [9.17, 15) is 9.59 Å². The summed E-state index contributed by atoms with van der Waals surface area (Å²) in [6.45, 7) is 20.8. The van der Waals surface area contributed by atoms with Crippen molar-refractivity contribution >= 4 is 11.9 Å². The fourth-order valence-electron chi connectivity index (χ4n) is 9.09. The third-order valence-corrected chi connectivity index (χ3v) is 12.1. The molecule has 5 fully saturated rings. The van der Waals surface area contributed by atoms with Crippen LogP contribution >= 0.6 is 0 Å². The number of rotatable bonds is 41. The van der Waals surface area contributed by atoms with E-state index in [4.69, 9.17) is 88.2 Å².